The fourth-order valence-electron chi connectivity index (χ4n) is 5.87. The van der Waals surface area contributed by atoms with Crippen LogP contribution in [-0.2, 0) is 32.2 Å². The Morgan fingerprint density at radius 2 is 1.70 bits per heavy atom. The molecule has 4 aromatic rings. The molecule has 8 nitrogen and oxygen atoms in total. The zero-order valence-corrected chi connectivity index (χ0v) is 25.3. The fourth-order valence-corrected chi connectivity index (χ4v) is 7.03. The molecule has 1 aliphatic heterocycles. The quantitative estimate of drug-likeness (QED) is 0.204. The largest absolute Gasteiger partial charge is 0.383 e. The Hall–Kier alpha value is -3.60. The second-order valence-corrected chi connectivity index (χ2v) is 12.4. The molecule has 0 amide bonds. The highest BCUT2D eigenvalue weighted by Gasteiger charge is 2.57. The molecule has 4 N–H and O–H groups in total. The van der Waals surface area contributed by atoms with Gasteiger partial charge in [-0.2, -0.15) is 4.98 Å². The summed E-state index contributed by atoms with van der Waals surface area (Å²) in [5, 5.41) is 2.70. The first-order valence-electron chi connectivity index (χ1n) is 14.6. The molecular weight excluding hydrogens is 560 g/mol. The van der Waals surface area contributed by atoms with E-state index >= 15 is 0 Å². The van der Waals surface area contributed by atoms with Crippen molar-refractivity contribution >= 4 is 34.0 Å². The normalized spacial score (nSPS) is 25.3. The van der Waals surface area contributed by atoms with E-state index in [2.05, 4.69) is 66.3 Å². The van der Waals surface area contributed by atoms with Gasteiger partial charge in [-0.3, -0.25) is 0 Å². The van der Waals surface area contributed by atoms with Crippen LogP contribution in [0, 0.1) is 5.92 Å². The van der Waals surface area contributed by atoms with E-state index in [0.717, 1.165) is 27.8 Å². The molecule has 6 rings (SSSR count). The Kier molecular flexibility index (Phi) is 8.88. The average Bonchev–Trinajstić information content (AvgIpc) is 3.54. The minimum absolute atomic E-state index is 0.121. The molecule has 3 heterocycles. The van der Waals surface area contributed by atoms with Gasteiger partial charge in [0.05, 0.1) is 42.2 Å². The third kappa shape index (κ3) is 6.51. The summed E-state index contributed by atoms with van der Waals surface area (Å²) in [4.78, 5) is 9.61. The number of hydrogen-bond acceptors (Lipinski definition) is 9. The van der Waals surface area contributed by atoms with Crippen LogP contribution in [0.3, 0.4) is 0 Å². The van der Waals surface area contributed by atoms with Crippen molar-refractivity contribution in [1.29, 1.82) is 0 Å². The minimum atomic E-state index is -0.897. The van der Waals surface area contributed by atoms with Crippen molar-refractivity contribution in [3.8, 4) is 0 Å². The zero-order chi connectivity index (χ0) is 29.8. The van der Waals surface area contributed by atoms with Crippen molar-refractivity contribution in [3.05, 3.63) is 106 Å². The molecule has 0 bridgehead atoms. The standard InChI is InChI=1S/C34H38N4O4S/c1-22-10-9-15-25(16-22)17-39-20-27-30(40-18-23-11-5-3-6-12-23)34(2,41-19-24-13-7-4-8-14-24)31(42-27)29-28-26(21-43-29)32(35)38-33(36)37-28/h3-15,21-22,27,30-31H,16-20H2,1-2H3,(H4,35,36,37,38)/t22?,27-,30-,31+,34-/m1/s1. The number of nitrogens with two attached hydrogens (primary N) is 2. The van der Waals surface area contributed by atoms with Gasteiger partial charge >= 0.3 is 0 Å². The molecule has 1 aliphatic carbocycles. The van der Waals surface area contributed by atoms with Gasteiger partial charge in [0, 0.05) is 5.38 Å². The van der Waals surface area contributed by atoms with E-state index in [1.807, 2.05) is 41.8 Å². The van der Waals surface area contributed by atoms with Crippen molar-refractivity contribution in [2.45, 2.75) is 57.4 Å². The van der Waals surface area contributed by atoms with Crippen molar-refractivity contribution in [3.63, 3.8) is 0 Å². The molecule has 1 saturated heterocycles. The summed E-state index contributed by atoms with van der Waals surface area (Å²) in [6, 6.07) is 20.3. The highest BCUT2D eigenvalue weighted by molar-refractivity contribution is 7.11. The lowest BCUT2D eigenvalue weighted by atomic mass is 9.90. The van der Waals surface area contributed by atoms with E-state index in [0.29, 0.717) is 43.7 Å². The van der Waals surface area contributed by atoms with Crippen LogP contribution in [0.2, 0.25) is 0 Å². The van der Waals surface area contributed by atoms with Crippen LogP contribution in [-0.4, -0.2) is 41.0 Å². The Bertz CT molecular complexity index is 1590. The van der Waals surface area contributed by atoms with Gasteiger partial charge in [0.25, 0.3) is 0 Å². The fraction of sp³-hybridized carbons (Fsp3) is 0.353. The monoisotopic (exact) mass is 598 g/mol. The van der Waals surface area contributed by atoms with E-state index in [4.69, 9.17) is 30.4 Å². The zero-order valence-electron chi connectivity index (χ0n) is 24.5. The van der Waals surface area contributed by atoms with Gasteiger partial charge in [0.1, 0.15) is 29.7 Å². The number of benzene rings is 2. The lowest BCUT2D eigenvalue weighted by Crippen LogP contribution is -2.47. The number of fused-ring (bicyclic) bond motifs is 1. The van der Waals surface area contributed by atoms with Crippen LogP contribution in [0.1, 0.15) is 42.4 Å². The Morgan fingerprint density at radius 3 is 2.42 bits per heavy atom. The summed E-state index contributed by atoms with van der Waals surface area (Å²) in [7, 11) is 0. The number of allylic oxidation sites excluding steroid dienone is 3. The SMILES string of the molecule is CC1C=CC=C(COC[C@H]2O[C@@H](c3scc4c(N)nc(N)nc34)[C@](C)(OCc3ccccc3)[C@@H]2OCc2ccccc2)C1. The van der Waals surface area contributed by atoms with Gasteiger partial charge in [-0.05, 0) is 36.0 Å². The van der Waals surface area contributed by atoms with Crippen molar-refractivity contribution < 1.29 is 18.9 Å². The van der Waals surface area contributed by atoms with Crippen LogP contribution < -0.4 is 11.5 Å². The molecule has 224 valence electrons. The van der Waals surface area contributed by atoms with Gasteiger partial charge in [0.15, 0.2) is 0 Å². The maximum absolute atomic E-state index is 6.87. The number of hydrogen-bond donors (Lipinski definition) is 2. The number of rotatable bonds is 11. The molecule has 2 aliphatic rings. The lowest BCUT2D eigenvalue weighted by molar-refractivity contribution is -0.146. The highest BCUT2D eigenvalue weighted by Crippen LogP contribution is 2.50. The van der Waals surface area contributed by atoms with E-state index in [-0.39, 0.29) is 5.95 Å². The van der Waals surface area contributed by atoms with Crippen molar-refractivity contribution in [1.82, 2.24) is 9.97 Å². The second kappa shape index (κ2) is 13.0. The van der Waals surface area contributed by atoms with Crippen LogP contribution in [0.15, 0.2) is 89.8 Å². The van der Waals surface area contributed by atoms with E-state index in [1.165, 1.54) is 16.9 Å². The van der Waals surface area contributed by atoms with Crippen molar-refractivity contribution in [2.24, 2.45) is 5.92 Å². The molecule has 0 spiro atoms. The number of thiophene rings is 1. The number of nitrogen functional groups attached to an aromatic ring is 2. The minimum Gasteiger partial charge on any atom is -0.383 e. The summed E-state index contributed by atoms with van der Waals surface area (Å²) in [5.41, 5.74) is 15.4. The highest BCUT2D eigenvalue weighted by atomic mass is 32.1. The number of anilines is 2. The predicted molar refractivity (Wildman–Crippen MR) is 170 cm³/mol. The van der Waals surface area contributed by atoms with Crippen LogP contribution in [0.4, 0.5) is 11.8 Å². The maximum atomic E-state index is 6.87. The van der Waals surface area contributed by atoms with Gasteiger partial charge < -0.3 is 30.4 Å². The molecule has 1 unspecified atom stereocenters. The number of nitrogens with zero attached hydrogens (tertiary/aromatic N) is 2. The molecule has 0 radical (unpaired) electrons. The van der Waals surface area contributed by atoms with Crippen LogP contribution >= 0.6 is 11.3 Å². The molecule has 0 saturated carbocycles. The molecule has 5 atom stereocenters. The summed E-state index contributed by atoms with van der Waals surface area (Å²) in [5.74, 6) is 0.965. The first-order chi connectivity index (χ1) is 20.9. The third-order valence-electron chi connectivity index (χ3n) is 8.09. The first kappa shape index (κ1) is 29.5. The first-order valence-corrected chi connectivity index (χ1v) is 15.5. The molecule has 9 heteroatoms. The Labute approximate surface area is 256 Å². The van der Waals surface area contributed by atoms with Crippen LogP contribution in [0.25, 0.3) is 10.9 Å². The van der Waals surface area contributed by atoms with Gasteiger partial charge in [0.2, 0.25) is 5.95 Å². The maximum Gasteiger partial charge on any atom is 0.222 e. The molecule has 43 heavy (non-hydrogen) atoms. The molecule has 1 fully saturated rings. The van der Waals surface area contributed by atoms with Gasteiger partial charge in [-0.1, -0.05) is 85.8 Å². The van der Waals surface area contributed by atoms with E-state index in [1.54, 1.807) is 0 Å². The Balaban J connectivity index is 1.34. The van der Waals surface area contributed by atoms with Crippen LogP contribution in [0.5, 0.6) is 0 Å². The summed E-state index contributed by atoms with van der Waals surface area (Å²) >= 11 is 1.52. The third-order valence-corrected chi connectivity index (χ3v) is 9.11. The summed E-state index contributed by atoms with van der Waals surface area (Å²) < 4.78 is 26.7. The van der Waals surface area contributed by atoms with E-state index in [9.17, 15) is 0 Å². The lowest BCUT2D eigenvalue weighted by Gasteiger charge is -2.35. The number of ether oxygens (including phenoxy) is 4. The average molecular weight is 599 g/mol. The predicted octanol–water partition coefficient (Wildman–Crippen LogP) is 6.40. The van der Waals surface area contributed by atoms with Gasteiger partial charge in [-0.15, -0.1) is 11.3 Å². The molecular formula is C34H38N4O4S. The number of aromatic nitrogens is 2. The second-order valence-electron chi connectivity index (χ2n) is 11.5. The van der Waals surface area contributed by atoms with Gasteiger partial charge in [-0.25, -0.2) is 4.98 Å². The molecule has 2 aromatic carbocycles. The summed E-state index contributed by atoms with van der Waals surface area (Å²) in [6.45, 7) is 5.95. The molecule has 2 aromatic heterocycles. The topological polar surface area (TPSA) is 115 Å². The van der Waals surface area contributed by atoms with Crippen molar-refractivity contribution in [2.75, 3.05) is 24.7 Å². The van der Waals surface area contributed by atoms with E-state index < -0.39 is 23.9 Å². The Morgan fingerprint density at radius 1 is 0.977 bits per heavy atom. The smallest absolute Gasteiger partial charge is 0.222 e. The summed E-state index contributed by atoms with van der Waals surface area (Å²) in [6.07, 6.45) is 6.08.